The van der Waals surface area contributed by atoms with Crippen molar-refractivity contribution in [2.45, 2.75) is 19.3 Å². The maximum atomic E-state index is 12.2. The fourth-order valence-corrected chi connectivity index (χ4v) is 2.90. The van der Waals surface area contributed by atoms with Gasteiger partial charge in [0.25, 0.3) is 0 Å². The smallest absolute Gasteiger partial charge is 0.248 e. The average Bonchev–Trinajstić information content (AvgIpc) is 3.05. The topological polar surface area (TPSA) is 60.1 Å². The number of nitrogens with one attached hydrogen (secondary N) is 1. The van der Waals surface area contributed by atoms with Gasteiger partial charge in [-0.15, -0.1) is 0 Å². The van der Waals surface area contributed by atoms with Gasteiger partial charge in [-0.25, -0.2) is 4.68 Å². The molecule has 0 radical (unpaired) electrons. The lowest BCUT2D eigenvalue weighted by atomic mass is 10.2. The predicted octanol–water partition coefficient (Wildman–Crippen LogP) is 4.24. The number of rotatable bonds is 5. The second kappa shape index (κ2) is 6.43. The summed E-state index contributed by atoms with van der Waals surface area (Å²) < 4.78 is 7.50. The molecule has 2 aromatic heterocycles. The summed E-state index contributed by atoms with van der Waals surface area (Å²) in [5, 5.41) is 7.10. The van der Waals surface area contributed by atoms with Crippen molar-refractivity contribution in [3.63, 3.8) is 0 Å². The van der Waals surface area contributed by atoms with Gasteiger partial charge in [-0.3, -0.25) is 4.79 Å². The Hall–Kier alpha value is -3.08. The van der Waals surface area contributed by atoms with Crippen molar-refractivity contribution in [1.29, 1.82) is 0 Å². The highest BCUT2D eigenvalue weighted by molar-refractivity contribution is 6.02. The first-order valence-corrected chi connectivity index (χ1v) is 8.38. The minimum atomic E-state index is -0.211. The first-order valence-electron chi connectivity index (χ1n) is 8.38. The van der Waals surface area contributed by atoms with Crippen LogP contribution in [0.25, 0.3) is 11.8 Å². The maximum Gasteiger partial charge on any atom is 0.248 e. The minimum absolute atomic E-state index is 0.211. The Balaban J connectivity index is 1.45. The zero-order valence-corrected chi connectivity index (χ0v) is 13.9. The van der Waals surface area contributed by atoms with E-state index in [4.69, 9.17) is 4.42 Å². The Morgan fingerprint density at radius 1 is 1.28 bits per heavy atom. The van der Waals surface area contributed by atoms with E-state index in [0.29, 0.717) is 23.3 Å². The van der Waals surface area contributed by atoms with E-state index >= 15 is 0 Å². The van der Waals surface area contributed by atoms with Crippen LogP contribution >= 0.6 is 0 Å². The summed E-state index contributed by atoms with van der Waals surface area (Å²) in [6, 6.07) is 13.3. The number of benzene rings is 1. The summed E-state index contributed by atoms with van der Waals surface area (Å²) in [5.74, 6) is 2.74. The number of nitrogens with zero attached hydrogens (tertiary/aromatic N) is 2. The van der Waals surface area contributed by atoms with Crippen LogP contribution in [0.2, 0.25) is 0 Å². The summed E-state index contributed by atoms with van der Waals surface area (Å²) >= 11 is 0. The van der Waals surface area contributed by atoms with Crippen LogP contribution in [0.4, 0.5) is 5.69 Å². The number of aromatic nitrogens is 2. The molecule has 3 aromatic rings. The van der Waals surface area contributed by atoms with Crippen molar-refractivity contribution in [2.24, 2.45) is 5.92 Å². The van der Waals surface area contributed by atoms with Gasteiger partial charge in [-0.2, -0.15) is 5.10 Å². The van der Waals surface area contributed by atoms with E-state index in [1.54, 1.807) is 17.0 Å². The monoisotopic (exact) mass is 333 g/mol. The number of hydrogen-bond acceptors (Lipinski definition) is 3. The number of furan rings is 1. The number of carbonyl (C=O) groups is 1. The van der Waals surface area contributed by atoms with Gasteiger partial charge in [0.1, 0.15) is 11.5 Å². The van der Waals surface area contributed by atoms with Gasteiger partial charge in [0, 0.05) is 24.4 Å². The molecule has 1 aliphatic rings. The summed E-state index contributed by atoms with van der Waals surface area (Å²) in [7, 11) is 0. The molecular formula is C20H19N3O2. The van der Waals surface area contributed by atoms with Gasteiger partial charge in [0.2, 0.25) is 5.91 Å². The highest BCUT2D eigenvalue weighted by Crippen LogP contribution is 2.47. The molecule has 2 heterocycles. The number of hydrogen-bond donors (Lipinski definition) is 1. The third kappa shape index (κ3) is 3.40. The van der Waals surface area contributed by atoms with Crippen molar-refractivity contribution >= 4 is 17.7 Å². The Morgan fingerprint density at radius 3 is 2.88 bits per heavy atom. The first-order chi connectivity index (χ1) is 12.2. The molecule has 1 fully saturated rings. The van der Waals surface area contributed by atoms with E-state index in [9.17, 15) is 4.79 Å². The number of carbonyl (C=O) groups excluding carboxylic acids is 1. The van der Waals surface area contributed by atoms with Crippen molar-refractivity contribution in [3.05, 3.63) is 72.5 Å². The lowest BCUT2D eigenvalue weighted by Gasteiger charge is -2.09. The molecule has 1 aromatic carbocycles. The molecule has 5 nitrogen and oxygen atoms in total. The molecule has 1 saturated carbocycles. The molecule has 0 bridgehead atoms. The van der Waals surface area contributed by atoms with Gasteiger partial charge in [0.05, 0.1) is 11.4 Å². The number of amides is 1. The van der Waals surface area contributed by atoms with Crippen LogP contribution in [0, 0.1) is 5.92 Å². The van der Waals surface area contributed by atoms with Gasteiger partial charge < -0.3 is 9.73 Å². The lowest BCUT2D eigenvalue weighted by molar-refractivity contribution is -0.111. The van der Waals surface area contributed by atoms with Gasteiger partial charge >= 0.3 is 0 Å². The molecule has 126 valence electrons. The van der Waals surface area contributed by atoms with E-state index in [1.807, 2.05) is 48.7 Å². The van der Waals surface area contributed by atoms with Crippen LogP contribution in [0.5, 0.6) is 0 Å². The molecular weight excluding hydrogens is 314 g/mol. The third-order valence-electron chi connectivity index (χ3n) is 4.43. The van der Waals surface area contributed by atoms with Crippen LogP contribution < -0.4 is 5.32 Å². The zero-order chi connectivity index (χ0) is 17.2. The second-order valence-corrected chi connectivity index (χ2v) is 6.35. The van der Waals surface area contributed by atoms with Gasteiger partial charge in [-0.1, -0.05) is 19.1 Å². The quantitative estimate of drug-likeness (QED) is 0.710. The van der Waals surface area contributed by atoms with E-state index in [-0.39, 0.29) is 5.91 Å². The molecule has 0 aliphatic heterocycles. The molecule has 0 unspecified atom stereocenters. The summed E-state index contributed by atoms with van der Waals surface area (Å²) in [6.45, 7) is 2.22. The van der Waals surface area contributed by atoms with Crippen LogP contribution in [0.3, 0.4) is 0 Å². The Morgan fingerprint density at radius 2 is 2.12 bits per heavy atom. The normalized spacial score (nSPS) is 19.2. The van der Waals surface area contributed by atoms with Crippen molar-refractivity contribution in [1.82, 2.24) is 9.78 Å². The molecule has 1 amide bonds. The molecule has 1 aliphatic carbocycles. The fourth-order valence-electron chi connectivity index (χ4n) is 2.90. The SMILES string of the molecule is C[C@@H]1C[C@H]1c1ccc(/C=C\C(=O)Nc2ccccc2-n2cccn2)o1. The van der Waals surface area contributed by atoms with Crippen LogP contribution in [-0.4, -0.2) is 15.7 Å². The molecule has 2 atom stereocenters. The summed E-state index contributed by atoms with van der Waals surface area (Å²) in [4.78, 5) is 12.2. The van der Waals surface area contributed by atoms with Crippen molar-refractivity contribution in [2.75, 3.05) is 5.32 Å². The summed E-state index contributed by atoms with van der Waals surface area (Å²) in [6.07, 6.45) is 7.90. The molecule has 0 spiro atoms. The lowest BCUT2D eigenvalue weighted by Crippen LogP contribution is -2.10. The highest BCUT2D eigenvalue weighted by atomic mass is 16.3. The van der Waals surface area contributed by atoms with E-state index in [2.05, 4.69) is 17.3 Å². The Kier molecular flexibility index (Phi) is 3.98. The third-order valence-corrected chi connectivity index (χ3v) is 4.43. The van der Waals surface area contributed by atoms with Gasteiger partial charge in [-0.05, 0) is 48.7 Å². The Labute approximate surface area is 146 Å². The standard InChI is InChI=1S/C20H19N3O2/c1-14-13-16(14)19-9-7-15(25-19)8-10-20(24)22-17-5-2-3-6-18(17)23-12-4-11-21-23/h2-12,14,16H,13H2,1H3,(H,22,24)/b10-8-/t14-,16-/m1/s1. The van der Waals surface area contributed by atoms with Crippen LogP contribution in [-0.2, 0) is 4.79 Å². The fraction of sp³-hybridized carbons (Fsp3) is 0.200. The second-order valence-electron chi connectivity index (χ2n) is 6.35. The zero-order valence-electron chi connectivity index (χ0n) is 13.9. The predicted molar refractivity (Wildman–Crippen MR) is 96.5 cm³/mol. The van der Waals surface area contributed by atoms with E-state index in [0.717, 1.165) is 11.4 Å². The van der Waals surface area contributed by atoms with Gasteiger partial charge in [0.15, 0.2) is 0 Å². The average molecular weight is 333 g/mol. The molecule has 5 heteroatoms. The molecule has 4 rings (SSSR count). The van der Waals surface area contributed by atoms with Crippen molar-refractivity contribution in [3.8, 4) is 5.69 Å². The highest BCUT2D eigenvalue weighted by Gasteiger charge is 2.36. The minimum Gasteiger partial charge on any atom is -0.461 e. The van der Waals surface area contributed by atoms with E-state index in [1.165, 1.54) is 12.5 Å². The summed E-state index contributed by atoms with van der Waals surface area (Å²) in [5.41, 5.74) is 1.52. The number of para-hydroxylation sites is 2. The first kappa shape index (κ1) is 15.4. The molecule has 25 heavy (non-hydrogen) atoms. The largest absolute Gasteiger partial charge is 0.461 e. The molecule has 1 N–H and O–H groups in total. The number of anilines is 1. The van der Waals surface area contributed by atoms with Crippen LogP contribution in [0.15, 0.2) is 65.4 Å². The van der Waals surface area contributed by atoms with Crippen LogP contribution in [0.1, 0.15) is 30.8 Å². The van der Waals surface area contributed by atoms with Crippen molar-refractivity contribution < 1.29 is 9.21 Å². The molecule has 0 saturated heterocycles. The van der Waals surface area contributed by atoms with E-state index < -0.39 is 0 Å². The maximum absolute atomic E-state index is 12.2. The Bertz CT molecular complexity index is 909.